The predicted molar refractivity (Wildman–Crippen MR) is 196 cm³/mol. The normalized spacial score (nSPS) is 13.7. The zero-order chi connectivity index (χ0) is 30.8. The molecule has 0 unspecified atom stereocenters. The maximum Gasteiger partial charge on any atom is 0.0765 e. The zero-order valence-corrected chi connectivity index (χ0v) is 29.5. The van der Waals surface area contributed by atoms with Gasteiger partial charge in [0.05, 0.1) is 28.3 Å². The van der Waals surface area contributed by atoms with Gasteiger partial charge >= 0.3 is 0 Å². The first-order chi connectivity index (χ1) is 20.9. The highest BCUT2D eigenvalue weighted by Crippen LogP contribution is 2.41. The van der Waals surface area contributed by atoms with Crippen molar-refractivity contribution in [2.75, 3.05) is 0 Å². The van der Waals surface area contributed by atoms with Crippen LogP contribution in [0.3, 0.4) is 0 Å². The van der Waals surface area contributed by atoms with Gasteiger partial charge in [0.25, 0.3) is 0 Å². The number of aromatic nitrogens is 4. The summed E-state index contributed by atoms with van der Waals surface area (Å²) < 4.78 is 2.13. The van der Waals surface area contributed by atoms with Crippen LogP contribution in [0.5, 0.6) is 0 Å². The Morgan fingerprint density at radius 3 is 1.53 bits per heavy atom. The van der Waals surface area contributed by atoms with Crippen LogP contribution in [0.2, 0.25) is 0 Å². The Labute approximate surface area is 271 Å². The molecule has 0 aliphatic carbocycles. The SMILES string of the molecule is CCC1=C(CC)c2cc3[nH]c(cc4[nH]c(c(/C=C/I)c5nc(cc1n2)C(CC)=C5CC)c(CC)c4CC)c(CC)c3CC. The number of nitrogens with one attached hydrogen (secondary N) is 2. The third kappa shape index (κ3) is 5.36. The molecular weight excluding hydrogens is 639 g/mol. The van der Waals surface area contributed by atoms with Gasteiger partial charge in [-0.05, 0) is 124 Å². The molecule has 4 nitrogen and oxygen atoms in total. The van der Waals surface area contributed by atoms with Gasteiger partial charge in [-0.3, -0.25) is 0 Å². The summed E-state index contributed by atoms with van der Waals surface area (Å²) in [4.78, 5) is 18.6. The minimum atomic E-state index is 0.943. The van der Waals surface area contributed by atoms with Crippen LogP contribution in [0.15, 0.2) is 22.3 Å². The van der Waals surface area contributed by atoms with Gasteiger partial charge in [0, 0.05) is 22.1 Å². The van der Waals surface area contributed by atoms with Gasteiger partial charge in [0.15, 0.2) is 0 Å². The molecule has 5 heteroatoms. The van der Waals surface area contributed by atoms with Crippen molar-refractivity contribution in [1.29, 1.82) is 0 Å². The van der Waals surface area contributed by atoms with E-state index < -0.39 is 0 Å². The van der Waals surface area contributed by atoms with E-state index in [2.05, 4.69) is 116 Å². The minimum absolute atomic E-state index is 0.943. The van der Waals surface area contributed by atoms with Crippen LogP contribution >= 0.6 is 22.6 Å². The van der Waals surface area contributed by atoms with Gasteiger partial charge in [0.1, 0.15) is 0 Å². The van der Waals surface area contributed by atoms with Crippen molar-refractivity contribution in [3.8, 4) is 0 Å². The molecule has 0 saturated heterocycles. The molecule has 3 aromatic rings. The van der Waals surface area contributed by atoms with Gasteiger partial charge in [-0.1, -0.05) is 78.0 Å². The summed E-state index contributed by atoms with van der Waals surface area (Å²) in [6.45, 7) is 18.2. The summed E-state index contributed by atoms with van der Waals surface area (Å²) in [5, 5.41) is 0. The van der Waals surface area contributed by atoms with E-state index in [1.807, 2.05) is 0 Å². The Balaban J connectivity index is 2.11. The summed E-state index contributed by atoms with van der Waals surface area (Å²) in [6, 6.07) is 6.96. The lowest BCUT2D eigenvalue weighted by Crippen LogP contribution is -1.91. The second kappa shape index (κ2) is 13.4. The molecule has 226 valence electrons. The van der Waals surface area contributed by atoms with Gasteiger partial charge < -0.3 is 9.97 Å². The van der Waals surface area contributed by atoms with Gasteiger partial charge in [0.2, 0.25) is 0 Å². The quantitative estimate of drug-likeness (QED) is 0.220. The van der Waals surface area contributed by atoms with Crippen LogP contribution in [0, 0.1) is 0 Å². The maximum absolute atomic E-state index is 5.44. The molecule has 0 radical (unpaired) electrons. The number of rotatable bonds is 9. The van der Waals surface area contributed by atoms with Crippen LogP contribution in [0.1, 0.15) is 132 Å². The highest BCUT2D eigenvalue weighted by atomic mass is 127. The number of H-pyrrole nitrogens is 2. The molecule has 43 heavy (non-hydrogen) atoms. The number of halogens is 1. The smallest absolute Gasteiger partial charge is 0.0765 e. The second-order valence-corrected chi connectivity index (χ2v) is 12.1. The first kappa shape index (κ1) is 31.5. The van der Waals surface area contributed by atoms with E-state index in [-0.39, 0.29) is 0 Å². The molecule has 0 fully saturated rings. The third-order valence-corrected chi connectivity index (χ3v) is 9.74. The predicted octanol–water partition coefficient (Wildman–Crippen LogP) is 11.4. The number of aromatic amines is 2. The molecule has 0 spiro atoms. The molecule has 2 N–H and O–H groups in total. The number of nitrogens with zero attached hydrogens (tertiary/aromatic N) is 2. The molecule has 3 aromatic heterocycles. The Morgan fingerprint density at radius 2 is 1.00 bits per heavy atom. The number of aryl methyl sites for hydroxylation is 4. The third-order valence-electron chi connectivity index (χ3n) is 9.38. The van der Waals surface area contributed by atoms with Crippen LogP contribution in [-0.2, 0) is 25.7 Å². The Kier molecular flexibility index (Phi) is 9.79. The largest absolute Gasteiger partial charge is 0.355 e. The van der Waals surface area contributed by atoms with Crippen molar-refractivity contribution in [3.63, 3.8) is 0 Å². The van der Waals surface area contributed by atoms with Crippen molar-refractivity contribution in [1.82, 2.24) is 19.9 Å². The maximum atomic E-state index is 5.44. The molecule has 2 aliphatic heterocycles. The van der Waals surface area contributed by atoms with E-state index in [4.69, 9.17) is 9.97 Å². The molecule has 0 saturated carbocycles. The van der Waals surface area contributed by atoms with E-state index in [1.54, 1.807) is 0 Å². The number of allylic oxidation sites excluding steroid dienone is 4. The molecular formula is C38H47IN4. The standard InChI is InChI=1S/C38H47IN4/c1-9-22-24(11-3)33-20-35-26(13-5)28(15-7)37(42-35)30(17-18-39)38-29(16-8)27(14-6)36(43-38)21-34-25(12-4)23(10-2)32(41-34)19-31(22)40-33/h17-21,40,42H,9-16H2,1-8H3/b18-17+,31-19?,32-19?,33-20?,34-21?,35-20?,36-21?,37-30?,38-30?. The number of fused-ring (bicyclic) bond motifs is 8. The number of hydrogen-bond donors (Lipinski definition) is 2. The minimum Gasteiger partial charge on any atom is -0.355 e. The fraction of sp³-hybridized carbons (Fsp3) is 0.421. The van der Waals surface area contributed by atoms with Crippen LogP contribution in [-0.4, -0.2) is 19.9 Å². The fourth-order valence-electron chi connectivity index (χ4n) is 7.45. The Morgan fingerprint density at radius 1 is 0.535 bits per heavy atom. The van der Waals surface area contributed by atoms with E-state index >= 15 is 0 Å². The molecule has 8 bridgehead atoms. The summed E-state index contributed by atoms with van der Waals surface area (Å²) in [5.74, 6) is 0. The van der Waals surface area contributed by atoms with Gasteiger partial charge in [-0.15, -0.1) is 0 Å². The summed E-state index contributed by atoms with van der Waals surface area (Å²) >= 11 is 2.36. The van der Waals surface area contributed by atoms with E-state index in [9.17, 15) is 0 Å². The Bertz CT molecular complexity index is 1810. The van der Waals surface area contributed by atoms with Crippen LogP contribution in [0.25, 0.3) is 50.4 Å². The molecule has 0 atom stereocenters. The monoisotopic (exact) mass is 686 g/mol. The molecule has 2 aliphatic rings. The van der Waals surface area contributed by atoms with Crippen molar-refractivity contribution in [2.24, 2.45) is 0 Å². The number of hydrogen-bond acceptors (Lipinski definition) is 2. The first-order valence-corrected chi connectivity index (χ1v) is 17.7. The van der Waals surface area contributed by atoms with E-state index in [0.29, 0.717) is 0 Å². The lowest BCUT2D eigenvalue weighted by Gasteiger charge is -2.07. The topological polar surface area (TPSA) is 57.4 Å². The van der Waals surface area contributed by atoms with Crippen LogP contribution in [0.4, 0.5) is 0 Å². The molecule has 5 rings (SSSR count). The Hall–Kier alpha value is -2.93. The van der Waals surface area contributed by atoms with E-state index in [1.165, 1.54) is 72.2 Å². The molecule has 0 amide bonds. The van der Waals surface area contributed by atoms with Gasteiger partial charge in [-0.2, -0.15) is 0 Å². The fourth-order valence-corrected chi connectivity index (χ4v) is 7.81. The van der Waals surface area contributed by atoms with Gasteiger partial charge in [-0.25, -0.2) is 9.97 Å². The summed E-state index contributed by atoms with van der Waals surface area (Å²) in [6.07, 6.45) is 9.96. The zero-order valence-electron chi connectivity index (χ0n) is 27.3. The molecule has 5 heterocycles. The van der Waals surface area contributed by atoms with Crippen LogP contribution < -0.4 is 0 Å². The highest BCUT2D eigenvalue weighted by molar-refractivity contribution is 14.1. The highest BCUT2D eigenvalue weighted by Gasteiger charge is 2.24. The van der Waals surface area contributed by atoms with Crippen molar-refractivity contribution >= 4 is 73.0 Å². The second-order valence-electron chi connectivity index (χ2n) is 11.4. The van der Waals surface area contributed by atoms with E-state index in [0.717, 1.165) is 74.1 Å². The van der Waals surface area contributed by atoms with Crippen molar-refractivity contribution in [2.45, 2.75) is 107 Å². The average molecular weight is 687 g/mol. The van der Waals surface area contributed by atoms with Crippen molar-refractivity contribution in [3.05, 3.63) is 72.9 Å². The summed E-state index contributed by atoms with van der Waals surface area (Å²) in [7, 11) is 0. The lowest BCUT2D eigenvalue weighted by molar-refractivity contribution is 1.07. The molecule has 0 aromatic carbocycles. The summed E-state index contributed by atoms with van der Waals surface area (Å²) in [5.41, 5.74) is 21.3. The average Bonchev–Trinajstić information content (AvgIpc) is 3.74. The van der Waals surface area contributed by atoms with Crippen molar-refractivity contribution < 1.29 is 0 Å². The first-order valence-electron chi connectivity index (χ1n) is 16.5. The lowest BCUT2D eigenvalue weighted by atomic mass is 9.95.